The fourth-order valence-corrected chi connectivity index (χ4v) is 1.47. The first-order valence-electron chi connectivity index (χ1n) is 4.56. The van der Waals surface area contributed by atoms with Crippen LogP contribution in [0.25, 0.3) is 0 Å². The van der Waals surface area contributed by atoms with Crippen LogP contribution in [0.4, 0.5) is 0 Å². The molecule has 0 amide bonds. The molecule has 1 aromatic heterocycles. The molecule has 5 nitrogen and oxygen atoms in total. The molecule has 0 spiro atoms. The van der Waals surface area contributed by atoms with E-state index >= 15 is 0 Å². The molecule has 0 bridgehead atoms. The minimum atomic E-state index is -1.03. The Morgan fingerprint density at radius 3 is 2.69 bits per heavy atom. The molecule has 6 heteroatoms. The predicted octanol–water partition coefficient (Wildman–Crippen LogP) is 0.657. The van der Waals surface area contributed by atoms with Gasteiger partial charge < -0.3 is 14.9 Å². The minimum Gasteiger partial charge on any atom is -0.464 e. The maximum atomic E-state index is 11.1. The number of aromatic nitrogens is 1. The third-order valence-corrected chi connectivity index (χ3v) is 2.71. The summed E-state index contributed by atoms with van der Waals surface area (Å²) < 4.78 is 4.48. The first-order valence-corrected chi connectivity index (χ1v) is 5.68. The maximum absolute atomic E-state index is 11.1. The van der Waals surface area contributed by atoms with Crippen molar-refractivity contribution in [1.82, 2.24) is 4.98 Å². The van der Waals surface area contributed by atoms with Gasteiger partial charge in [-0.3, -0.25) is 0 Å². The fourth-order valence-electron chi connectivity index (χ4n) is 1.11. The van der Waals surface area contributed by atoms with Gasteiger partial charge in [-0.05, 0) is 6.07 Å². The van der Waals surface area contributed by atoms with Crippen molar-refractivity contribution in [3.8, 4) is 0 Å². The zero-order valence-electron chi connectivity index (χ0n) is 8.63. The van der Waals surface area contributed by atoms with E-state index in [9.17, 15) is 15.0 Å². The molecule has 0 aliphatic carbocycles. The van der Waals surface area contributed by atoms with Crippen LogP contribution in [-0.4, -0.2) is 39.7 Å². The van der Waals surface area contributed by atoms with Crippen molar-refractivity contribution < 1.29 is 19.7 Å². The lowest BCUT2D eigenvalue weighted by Gasteiger charge is -2.15. The molecule has 0 aliphatic heterocycles. The number of pyridine rings is 1. The Bertz CT molecular complexity index is 354. The Balaban J connectivity index is 2.82. The van der Waals surface area contributed by atoms with Crippen LogP contribution in [0.15, 0.2) is 18.3 Å². The molecule has 0 fully saturated rings. The largest absolute Gasteiger partial charge is 0.464 e. The molecule has 2 unspecified atom stereocenters. The molecule has 2 atom stereocenters. The van der Waals surface area contributed by atoms with Gasteiger partial charge in [0.25, 0.3) is 0 Å². The SMILES string of the molecule is COC(=O)c1ccc(C(O)C(O)CBr)cn1. The van der Waals surface area contributed by atoms with Crippen LogP contribution in [0.3, 0.4) is 0 Å². The summed E-state index contributed by atoms with van der Waals surface area (Å²) in [6.07, 6.45) is -0.604. The van der Waals surface area contributed by atoms with Crippen molar-refractivity contribution in [3.05, 3.63) is 29.6 Å². The maximum Gasteiger partial charge on any atom is 0.356 e. The molecule has 1 rings (SSSR count). The van der Waals surface area contributed by atoms with Gasteiger partial charge in [0.15, 0.2) is 0 Å². The average Bonchev–Trinajstić information content (AvgIpc) is 2.36. The van der Waals surface area contributed by atoms with Crippen LogP contribution >= 0.6 is 15.9 Å². The average molecular weight is 290 g/mol. The summed E-state index contributed by atoms with van der Waals surface area (Å²) in [6.45, 7) is 0. The number of alkyl halides is 1. The summed E-state index contributed by atoms with van der Waals surface area (Å²) >= 11 is 3.06. The summed E-state index contributed by atoms with van der Waals surface area (Å²) in [6, 6.07) is 2.96. The number of carbonyl (C=O) groups excluding carboxylic acids is 1. The second-order valence-corrected chi connectivity index (χ2v) is 3.78. The number of hydrogen-bond donors (Lipinski definition) is 2. The number of halogens is 1. The van der Waals surface area contributed by atoms with Gasteiger partial charge >= 0.3 is 5.97 Å². The number of esters is 1. The van der Waals surface area contributed by atoms with Gasteiger partial charge in [0, 0.05) is 17.1 Å². The third kappa shape index (κ3) is 3.01. The molecule has 0 aliphatic rings. The Kier molecular flexibility index (Phi) is 4.85. The zero-order valence-corrected chi connectivity index (χ0v) is 10.2. The van der Waals surface area contributed by atoms with Crippen LogP contribution in [-0.2, 0) is 4.74 Å². The van der Waals surface area contributed by atoms with E-state index in [4.69, 9.17) is 0 Å². The van der Waals surface area contributed by atoms with Crippen molar-refractivity contribution in [1.29, 1.82) is 0 Å². The molecule has 0 aromatic carbocycles. The van der Waals surface area contributed by atoms with E-state index in [0.717, 1.165) is 0 Å². The first kappa shape index (κ1) is 13.1. The lowest BCUT2D eigenvalue weighted by molar-refractivity contribution is 0.0340. The third-order valence-electron chi connectivity index (χ3n) is 2.04. The summed E-state index contributed by atoms with van der Waals surface area (Å²) in [7, 11) is 1.27. The molecular weight excluding hydrogens is 278 g/mol. The predicted molar refractivity (Wildman–Crippen MR) is 60.3 cm³/mol. The first-order chi connectivity index (χ1) is 7.60. The van der Waals surface area contributed by atoms with Crippen LogP contribution in [0.2, 0.25) is 0 Å². The number of methoxy groups -OCH3 is 1. The molecule has 0 saturated carbocycles. The monoisotopic (exact) mass is 289 g/mol. The fraction of sp³-hybridized carbons (Fsp3) is 0.400. The van der Waals surface area contributed by atoms with E-state index in [1.807, 2.05) is 0 Å². The molecular formula is C10H12BrNO4. The highest BCUT2D eigenvalue weighted by Crippen LogP contribution is 2.17. The summed E-state index contributed by atoms with van der Waals surface area (Å²) in [5, 5.41) is 19.3. The van der Waals surface area contributed by atoms with E-state index in [1.165, 1.54) is 25.4 Å². The van der Waals surface area contributed by atoms with Gasteiger partial charge in [-0.25, -0.2) is 9.78 Å². The van der Waals surface area contributed by atoms with E-state index in [2.05, 4.69) is 25.7 Å². The summed E-state index contributed by atoms with van der Waals surface area (Å²) in [5.41, 5.74) is 0.603. The Morgan fingerprint density at radius 2 is 2.25 bits per heavy atom. The second-order valence-electron chi connectivity index (χ2n) is 3.13. The van der Waals surface area contributed by atoms with Crippen LogP contribution in [0.1, 0.15) is 22.2 Å². The zero-order chi connectivity index (χ0) is 12.1. The van der Waals surface area contributed by atoms with Gasteiger partial charge in [-0.15, -0.1) is 0 Å². The van der Waals surface area contributed by atoms with Crippen LogP contribution in [0.5, 0.6) is 0 Å². The summed E-state index contributed by atoms with van der Waals surface area (Å²) in [4.78, 5) is 14.9. The Morgan fingerprint density at radius 1 is 1.56 bits per heavy atom. The number of ether oxygens (including phenoxy) is 1. The highest BCUT2D eigenvalue weighted by Gasteiger charge is 2.18. The second kappa shape index (κ2) is 5.93. The Labute approximate surface area is 101 Å². The molecule has 88 valence electrons. The van der Waals surface area contributed by atoms with Gasteiger partial charge in [0.2, 0.25) is 0 Å². The standard InChI is InChI=1S/C10H12BrNO4/c1-16-10(15)7-3-2-6(5-12-7)9(14)8(13)4-11/h2-3,5,8-9,13-14H,4H2,1H3. The normalized spacial score (nSPS) is 14.2. The topological polar surface area (TPSA) is 79.7 Å². The van der Waals surface area contributed by atoms with Crippen molar-refractivity contribution in [2.45, 2.75) is 12.2 Å². The lowest BCUT2D eigenvalue weighted by Crippen LogP contribution is -2.19. The number of carbonyl (C=O) groups is 1. The van der Waals surface area contributed by atoms with Gasteiger partial charge in [0.1, 0.15) is 11.8 Å². The lowest BCUT2D eigenvalue weighted by atomic mass is 10.1. The molecule has 2 N–H and O–H groups in total. The number of nitrogens with zero attached hydrogens (tertiary/aromatic N) is 1. The molecule has 1 aromatic rings. The number of hydrogen-bond acceptors (Lipinski definition) is 5. The van der Waals surface area contributed by atoms with Crippen molar-refractivity contribution >= 4 is 21.9 Å². The Hall–Kier alpha value is -0.980. The van der Waals surface area contributed by atoms with E-state index in [1.54, 1.807) is 0 Å². The summed E-state index contributed by atoms with van der Waals surface area (Å²) in [5.74, 6) is -0.540. The van der Waals surface area contributed by atoms with Gasteiger partial charge in [-0.2, -0.15) is 0 Å². The van der Waals surface area contributed by atoms with Crippen LogP contribution in [0, 0.1) is 0 Å². The van der Waals surface area contributed by atoms with E-state index in [0.29, 0.717) is 5.56 Å². The van der Waals surface area contributed by atoms with E-state index in [-0.39, 0.29) is 11.0 Å². The molecule has 1 heterocycles. The highest BCUT2D eigenvalue weighted by atomic mass is 79.9. The van der Waals surface area contributed by atoms with Crippen molar-refractivity contribution in [2.75, 3.05) is 12.4 Å². The van der Waals surface area contributed by atoms with Gasteiger partial charge in [0.05, 0.1) is 13.2 Å². The minimum absolute atomic E-state index is 0.159. The van der Waals surface area contributed by atoms with Crippen molar-refractivity contribution in [2.24, 2.45) is 0 Å². The number of aliphatic hydroxyl groups is 2. The number of aliphatic hydroxyl groups excluding tert-OH is 2. The smallest absolute Gasteiger partial charge is 0.356 e. The highest BCUT2D eigenvalue weighted by molar-refractivity contribution is 9.09. The van der Waals surface area contributed by atoms with E-state index < -0.39 is 18.2 Å². The van der Waals surface area contributed by atoms with Gasteiger partial charge in [-0.1, -0.05) is 22.0 Å². The quantitative estimate of drug-likeness (QED) is 0.629. The van der Waals surface area contributed by atoms with Crippen LogP contribution < -0.4 is 0 Å². The number of rotatable bonds is 4. The van der Waals surface area contributed by atoms with Crippen molar-refractivity contribution in [3.63, 3.8) is 0 Å². The molecule has 0 radical (unpaired) electrons. The molecule has 16 heavy (non-hydrogen) atoms. The molecule has 0 saturated heterocycles.